The minimum Gasteiger partial charge on any atom is -0.392 e. The van der Waals surface area contributed by atoms with E-state index in [9.17, 15) is 13.2 Å². The average molecular weight is 204 g/mol. The molecule has 1 aromatic rings. The molecule has 1 aromatic carbocycles. The molecule has 0 aromatic heterocycles. The Morgan fingerprint density at radius 2 is 1.43 bits per heavy atom. The van der Waals surface area contributed by atoms with Crippen LogP contribution < -0.4 is 0 Å². The first-order chi connectivity index (χ1) is 6.76. The summed E-state index contributed by atoms with van der Waals surface area (Å²) in [6, 6.07) is 2.62. The van der Waals surface area contributed by atoms with Crippen LogP contribution in [0.5, 0.6) is 0 Å². The zero-order valence-electron chi connectivity index (χ0n) is 7.56. The number of rotatable bonds is 4. The third-order valence-electron chi connectivity index (χ3n) is 2.09. The van der Waals surface area contributed by atoms with Crippen LogP contribution in [0.1, 0.15) is 22.3 Å². The first kappa shape index (κ1) is 11.0. The van der Waals surface area contributed by atoms with Gasteiger partial charge in [0.15, 0.2) is 0 Å². The molecule has 0 aliphatic carbocycles. The SMILES string of the molecule is OCc1c(CF)cc(CF)cc1CF. The molecule has 0 radical (unpaired) electrons. The van der Waals surface area contributed by atoms with Gasteiger partial charge >= 0.3 is 0 Å². The fraction of sp³-hybridized carbons (Fsp3) is 0.400. The van der Waals surface area contributed by atoms with Crippen molar-refractivity contribution in [2.24, 2.45) is 0 Å². The van der Waals surface area contributed by atoms with Crippen LogP contribution in [0.25, 0.3) is 0 Å². The molecular weight excluding hydrogens is 193 g/mol. The summed E-state index contributed by atoms with van der Waals surface area (Å²) >= 11 is 0. The predicted molar refractivity (Wildman–Crippen MR) is 46.8 cm³/mol. The third kappa shape index (κ3) is 2.07. The summed E-state index contributed by atoms with van der Waals surface area (Å²) in [6.07, 6.45) is 0. The quantitative estimate of drug-likeness (QED) is 0.799. The van der Waals surface area contributed by atoms with Gasteiger partial charge in [-0.25, -0.2) is 13.2 Å². The standard InChI is InChI=1S/C10H11F3O/c11-3-7-1-8(4-12)10(6-14)9(2-7)5-13/h1-2,14H,3-6H2. The largest absolute Gasteiger partial charge is 0.392 e. The van der Waals surface area contributed by atoms with Crippen LogP contribution in [0.15, 0.2) is 12.1 Å². The van der Waals surface area contributed by atoms with E-state index in [1.165, 1.54) is 12.1 Å². The topological polar surface area (TPSA) is 20.2 Å². The van der Waals surface area contributed by atoms with Gasteiger partial charge in [-0.15, -0.1) is 0 Å². The Kier molecular flexibility index (Phi) is 3.95. The summed E-state index contributed by atoms with van der Waals surface area (Å²) in [5.41, 5.74) is 0.792. The Bertz CT molecular complexity index is 287. The van der Waals surface area contributed by atoms with Crippen molar-refractivity contribution in [3.63, 3.8) is 0 Å². The number of hydrogen-bond donors (Lipinski definition) is 1. The van der Waals surface area contributed by atoms with Crippen LogP contribution in [0.3, 0.4) is 0 Å². The van der Waals surface area contributed by atoms with Gasteiger partial charge in [0.05, 0.1) is 6.61 Å². The summed E-state index contributed by atoms with van der Waals surface area (Å²) in [4.78, 5) is 0. The normalized spacial score (nSPS) is 10.6. The average Bonchev–Trinajstić information content (AvgIpc) is 2.26. The van der Waals surface area contributed by atoms with E-state index < -0.39 is 26.6 Å². The van der Waals surface area contributed by atoms with Crippen molar-refractivity contribution in [1.29, 1.82) is 0 Å². The second-order valence-corrected chi connectivity index (χ2v) is 2.95. The van der Waals surface area contributed by atoms with Crippen LogP contribution in [0, 0.1) is 0 Å². The van der Waals surface area contributed by atoms with E-state index in [4.69, 9.17) is 5.11 Å². The van der Waals surface area contributed by atoms with Crippen molar-refractivity contribution < 1.29 is 18.3 Å². The molecule has 1 nitrogen and oxygen atoms in total. The monoisotopic (exact) mass is 204 g/mol. The fourth-order valence-electron chi connectivity index (χ4n) is 1.39. The minimum atomic E-state index is -0.823. The molecule has 0 amide bonds. The van der Waals surface area contributed by atoms with E-state index in [0.717, 1.165) is 0 Å². The molecule has 0 saturated heterocycles. The van der Waals surface area contributed by atoms with Gasteiger partial charge in [0, 0.05) is 0 Å². The van der Waals surface area contributed by atoms with Crippen molar-refractivity contribution >= 4 is 0 Å². The maximum atomic E-state index is 12.4. The summed E-state index contributed by atoms with van der Waals surface area (Å²) in [7, 11) is 0. The molecule has 1 N–H and O–H groups in total. The van der Waals surface area contributed by atoms with E-state index in [0.29, 0.717) is 0 Å². The smallest absolute Gasteiger partial charge is 0.115 e. The fourth-order valence-corrected chi connectivity index (χ4v) is 1.39. The first-order valence-electron chi connectivity index (χ1n) is 4.19. The van der Waals surface area contributed by atoms with Gasteiger partial charge in [0.1, 0.15) is 20.0 Å². The third-order valence-corrected chi connectivity index (χ3v) is 2.09. The highest BCUT2D eigenvalue weighted by Crippen LogP contribution is 2.21. The molecule has 4 heteroatoms. The zero-order chi connectivity index (χ0) is 10.6. The molecule has 78 valence electrons. The summed E-state index contributed by atoms with van der Waals surface area (Å²) in [6.45, 7) is -2.83. The number of aliphatic hydroxyl groups excluding tert-OH is 1. The molecule has 1 rings (SSSR count). The van der Waals surface area contributed by atoms with Crippen molar-refractivity contribution in [2.75, 3.05) is 0 Å². The van der Waals surface area contributed by atoms with Crippen molar-refractivity contribution in [3.05, 3.63) is 34.4 Å². The van der Waals surface area contributed by atoms with Crippen LogP contribution in [-0.2, 0) is 26.6 Å². The van der Waals surface area contributed by atoms with E-state index in [1.54, 1.807) is 0 Å². The Morgan fingerprint density at radius 1 is 0.929 bits per heavy atom. The summed E-state index contributed by atoms with van der Waals surface area (Å²) in [5.74, 6) is 0. The van der Waals surface area contributed by atoms with Crippen LogP contribution in [0.4, 0.5) is 13.2 Å². The Labute approximate surface area is 80.2 Å². The van der Waals surface area contributed by atoms with Gasteiger partial charge in [-0.3, -0.25) is 0 Å². The van der Waals surface area contributed by atoms with Gasteiger partial charge in [-0.1, -0.05) is 12.1 Å². The highest BCUT2D eigenvalue weighted by Gasteiger charge is 2.09. The summed E-state index contributed by atoms with van der Waals surface area (Å²) < 4.78 is 37.2. The molecule has 0 fully saturated rings. The highest BCUT2D eigenvalue weighted by atomic mass is 19.1. The highest BCUT2D eigenvalue weighted by molar-refractivity contribution is 5.38. The predicted octanol–water partition coefficient (Wildman–Crippen LogP) is 2.59. The van der Waals surface area contributed by atoms with Crippen LogP contribution in [0.2, 0.25) is 0 Å². The molecule has 0 bridgehead atoms. The van der Waals surface area contributed by atoms with Gasteiger partial charge in [0.25, 0.3) is 0 Å². The second kappa shape index (κ2) is 5.00. The lowest BCUT2D eigenvalue weighted by molar-refractivity contribution is 0.275. The van der Waals surface area contributed by atoms with Gasteiger partial charge in [0.2, 0.25) is 0 Å². The number of alkyl halides is 3. The molecule has 0 unspecified atom stereocenters. The van der Waals surface area contributed by atoms with Crippen molar-refractivity contribution in [1.82, 2.24) is 0 Å². The summed E-state index contributed by atoms with van der Waals surface area (Å²) in [5, 5.41) is 8.90. The molecule has 14 heavy (non-hydrogen) atoms. The number of halogens is 3. The molecule has 0 atom stereocenters. The lowest BCUT2D eigenvalue weighted by Gasteiger charge is -2.10. The molecule has 0 saturated carbocycles. The lowest BCUT2D eigenvalue weighted by Crippen LogP contribution is -2.00. The van der Waals surface area contributed by atoms with Crippen molar-refractivity contribution in [2.45, 2.75) is 26.6 Å². The Hall–Kier alpha value is -1.03. The Balaban J connectivity index is 3.24. The maximum Gasteiger partial charge on any atom is 0.115 e. The number of aliphatic hydroxyl groups is 1. The van der Waals surface area contributed by atoms with Gasteiger partial charge in [-0.05, 0) is 22.3 Å². The minimum absolute atomic E-state index is 0.162. The first-order valence-corrected chi connectivity index (χ1v) is 4.19. The van der Waals surface area contributed by atoms with E-state index in [-0.39, 0.29) is 22.3 Å². The van der Waals surface area contributed by atoms with E-state index in [2.05, 4.69) is 0 Å². The van der Waals surface area contributed by atoms with Crippen LogP contribution in [-0.4, -0.2) is 5.11 Å². The molecule has 0 aliphatic heterocycles. The van der Waals surface area contributed by atoms with E-state index in [1.807, 2.05) is 0 Å². The van der Waals surface area contributed by atoms with Crippen LogP contribution >= 0.6 is 0 Å². The molecule has 0 spiro atoms. The van der Waals surface area contributed by atoms with Gasteiger partial charge < -0.3 is 5.11 Å². The second-order valence-electron chi connectivity index (χ2n) is 2.95. The lowest BCUT2D eigenvalue weighted by atomic mass is 9.99. The maximum absolute atomic E-state index is 12.4. The number of benzene rings is 1. The van der Waals surface area contributed by atoms with Crippen molar-refractivity contribution in [3.8, 4) is 0 Å². The van der Waals surface area contributed by atoms with Gasteiger partial charge in [-0.2, -0.15) is 0 Å². The zero-order valence-corrected chi connectivity index (χ0v) is 7.56. The number of hydrogen-bond acceptors (Lipinski definition) is 1. The molecule has 0 heterocycles. The molecule has 0 aliphatic rings. The van der Waals surface area contributed by atoms with E-state index >= 15 is 0 Å². The molecular formula is C10H11F3O. The Morgan fingerprint density at radius 3 is 1.71 bits per heavy atom.